The number of piperazine rings is 1. The van der Waals surface area contributed by atoms with Crippen molar-refractivity contribution in [2.24, 2.45) is 11.8 Å². The molecule has 2 heterocycles. The van der Waals surface area contributed by atoms with E-state index in [1.54, 1.807) is 0 Å². The Morgan fingerprint density at radius 2 is 1.77 bits per heavy atom. The minimum absolute atomic E-state index is 0.0583. The number of benzene rings is 1. The molecule has 2 aliphatic heterocycles. The van der Waals surface area contributed by atoms with E-state index in [0.29, 0.717) is 12.8 Å². The number of nitrogens with one attached hydrogen (secondary N) is 1. The zero-order valence-electron chi connectivity index (χ0n) is 19.0. The highest BCUT2D eigenvalue weighted by Gasteiger charge is 2.28. The fourth-order valence-electron chi connectivity index (χ4n) is 5.06. The van der Waals surface area contributed by atoms with Crippen molar-refractivity contribution in [3.8, 4) is 11.5 Å². The first-order valence-corrected chi connectivity index (χ1v) is 12.0. The van der Waals surface area contributed by atoms with Crippen LogP contribution in [0, 0.1) is 11.8 Å². The van der Waals surface area contributed by atoms with Crippen LogP contribution < -0.4 is 19.7 Å². The van der Waals surface area contributed by atoms with E-state index in [9.17, 15) is 10.2 Å². The summed E-state index contributed by atoms with van der Waals surface area (Å²) in [6.45, 7) is 9.56. The molecule has 3 N–H and O–H groups in total. The van der Waals surface area contributed by atoms with Gasteiger partial charge in [-0.1, -0.05) is 19.9 Å². The average Bonchev–Trinajstić information content (AvgIpc) is 3.27. The molecule has 31 heavy (non-hydrogen) atoms. The summed E-state index contributed by atoms with van der Waals surface area (Å²) < 4.78 is 11.2. The largest absolute Gasteiger partial charge is 0.454 e. The molecule has 1 saturated heterocycles. The van der Waals surface area contributed by atoms with Gasteiger partial charge in [-0.25, -0.2) is 0 Å². The van der Waals surface area contributed by atoms with Crippen LogP contribution in [0.3, 0.4) is 0 Å². The molecule has 1 saturated carbocycles. The van der Waals surface area contributed by atoms with Crippen LogP contribution in [0.5, 0.6) is 11.5 Å². The van der Waals surface area contributed by atoms with Crippen LogP contribution in [0.4, 0.5) is 5.69 Å². The van der Waals surface area contributed by atoms with Gasteiger partial charge in [0.15, 0.2) is 11.5 Å². The van der Waals surface area contributed by atoms with Gasteiger partial charge in [-0.2, -0.15) is 0 Å². The van der Waals surface area contributed by atoms with Crippen LogP contribution in [-0.4, -0.2) is 73.0 Å². The third kappa shape index (κ3) is 5.64. The van der Waals surface area contributed by atoms with E-state index in [0.717, 1.165) is 68.7 Å². The van der Waals surface area contributed by atoms with Crippen LogP contribution in [0.1, 0.15) is 46.0 Å². The van der Waals surface area contributed by atoms with Crippen molar-refractivity contribution in [2.45, 2.75) is 64.3 Å². The summed E-state index contributed by atoms with van der Waals surface area (Å²) in [7, 11) is 0. The third-order valence-electron chi connectivity index (χ3n) is 7.20. The fourth-order valence-corrected chi connectivity index (χ4v) is 5.06. The summed E-state index contributed by atoms with van der Waals surface area (Å²) >= 11 is 0. The highest BCUT2D eigenvalue weighted by Crippen LogP contribution is 2.41. The Bertz CT molecular complexity index is 700. The van der Waals surface area contributed by atoms with Gasteiger partial charge in [0.25, 0.3) is 0 Å². The zero-order valence-corrected chi connectivity index (χ0v) is 19.0. The first-order chi connectivity index (χ1) is 15.0. The van der Waals surface area contributed by atoms with Gasteiger partial charge in [-0.15, -0.1) is 0 Å². The maximum Gasteiger partial charge on any atom is 0.231 e. The molecular formula is C24H39N3O4. The van der Waals surface area contributed by atoms with E-state index in [1.165, 1.54) is 19.3 Å². The summed E-state index contributed by atoms with van der Waals surface area (Å²) in [5.74, 6) is 2.58. The van der Waals surface area contributed by atoms with Crippen molar-refractivity contribution in [3.63, 3.8) is 0 Å². The Hall–Kier alpha value is -1.54. The number of rotatable bonds is 8. The van der Waals surface area contributed by atoms with Gasteiger partial charge in [0, 0.05) is 32.2 Å². The van der Waals surface area contributed by atoms with E-state index in [2.05, 4.69) is 21.2 Å². The summed E-state index contributed by atoms with van der Waals surface area (Å²) in [5, 5.41) is 23.4. The van der Waals surface area contributed by atoms with E-state index < -0.39 is 12.3 Å². The summed E-state index contributed by atoms with van der Waals surface area (Å²) in [5.41, 5.74) is 1.16. The maximum absolute atomic E-state index is 10.1. The lowest BCUT2D eigenvalue weighted by atomic mass is 9.83. The molecular weight excluding hydrogens is 394 g/mol. The topological polar surface area (TPSA) is 77.4 Å². The van der Waals surface area contributed by atoms with Gasteiger partial charge >= 0.3 is 0 Å². The molecule has 0 radical (unpaired) electrons. The van der Waals surface area contributed by atoms with Crippen LogP contribution in [0.2, 0.25) is 0 Å². The predicted octanol–water partition coefficient (Wildman–Crippen LogP) is 2.41. The molecule has 2 atom stereocenters. The Labute approximate surface area is 186 Å². The Morgan fingerprint density at radius 3 is 2.48 bits per heavy atom. The number of hydrogen-bond acceptors (Lipinski definition) is 7. The molecule has 2 fully saturated rings. The van der Waals surface area contributed by atoms with Gasteiger partial charge in [-0.3, -0.25) is 10.2 Å². The Morgan fingerprint density at radius 1 is 1.03 bits per heavy atom. The third-order valence-corrected chi connectivity index (χ3v) is 7.20. The standard InChI is InChI=1S/C24H39N3O4/c1-17(2)22(28)24(29)25-19-8-6-18(7-9-19)10-11-26-12-14-27(15-13-26)20-4-3-5-21-23(20)31-16-30-21/h3-5,17-19,22,24-25,28-29H,6-16H2,1-2H3. The second-order valence-electron chi connectivity index (χ2n) is 9.69. The molecule has 0 amide bonds. The van der Waals surface area contributed by atoms with Crippen molar-refractivity contribution < 1.29 is 19.7 Å². The lowest BCUT2D eigenvalue weighted by molar-refractivity contribution is -0.0358. The Balaban J connectivity index is 1.15. The fraction of sp³-hybridized carbons (Fsp3) is 0.750. The van der Waals surface area contributed by atoms with Gasteiger partial charge in [0.2, 0.25) is 6.79 Å². The highest BCUT2D eigenvalue weighted by molar-refractivity contribution is 5.65. The molecule has 1 aromatic rings. The molecule has 174 valence electrons. The molecule has 1 aliphatic carbocycles. The molecule has 2 unspecified atom stereocenters. The van der Waals surface area contributed by atoms with Crippen molar-refractivity contribution >= 4 is 5.69 Å². The molecule has 0 aromatic heterocycles. The zero-order chi connectivity index (χ0) is 21.8. The van der Waals surface area contributed by atoms with E-state index in [-0.39, 0.29) is 5.92 Å². The molecule has 1 aromatic carbocycles. The van der Waals surface area contributed by atoms with E-state index in [4.69, 9.17) is 9.47 Å². The summed E-state index contributed by atoms with van der Waals surface area (Å²) in [4.78, 5) is 5.00. The minimum Gasteiger partial charge on any atom is -0.454 e. The van der Waals surface area contributed by atoms with Crippen molar-refractivity contribution in [2.75, 3.05) is 44.4 Å². The first kappa shape index (κ1) is 22.6. The highest BCUT2D eigenvalue weighted by atomic mass is 16.7. The lowest BCUT2D eigenvalue weighted by Crippen LogP contribution is -2.48. The predicted molar refractivity (Wildman–Crippen MR) is 122 cm³/mol. The van der Waals surface area contributed by atoms with Crippen molar-refractivity contribution in [1.29, 1.82) is 0 Å². The quantitative estimate of drug-likeness (QED) is 0.544. The number of para-hydroxylation sites is 1. The number of ether oxygens (including phenoxy) is 2. The van der Waals surface area contributed by atoms with Crippen LogP contribution in [-0.2, 0) is 0 Å². The maximum atomic E-state index is 10.1. The lowest BCUT2D eigenvalue weighted by Gasteiger charge is -2.37. The number of aliphatic hydroxyl groups is 2. The smallest absolute Gasteiger partial charge is 0.231 e. The number of fused-ring (bicyclic) bond motifs is 1. The average molecular weight is 434 g/mol. The van der Waals surface area contributed by atoms with Crippen molar-refractivity contribution in [3.05, 3.63) is 18.2 Å². The van der Waals surface area contributed by atoms with Gasteiger partial charge in [0.1, 0.15) is 6.23 Å². The van der Waals surface area contributed by atoms with Crippen LogP contribution >= 0.6 is 0 Å². The monoisotopic (exact) mass is 433 g/mol. The van der Waals surface area contributed by atoms with Crippen LogP contribution in [0.15, 0.2) is 18.2 Å². The number of aliphatic hydroxyl groups excluding tert-OH is 2. The Kier molecular flexibility index (Phi) is 7.59. The summed E-state index contributed by atoms with van der Waals surface area (Å²) in [6, 6.07) is 6.47. The SMILES string of the molecule is CC(C)C(O)C(O)NC1CCC(CCN2CCN(c3cccc4c3OCO4)CC2)CC1. The molecule has 7 nitrogen and oxygen atoms in total. The molecule has 3 aliphatic rings. The van der Waals surface area contributed by atoms with E-state index >= 15 is 0 Å². The molecule has 4 rings (SSSR count). The number of nitrogens with zero attached hydrogens (tertiary/aromatic N) is 2. The van der Waals surface area contributed by atoms with Crippen LogP contribution in [0.25, 0.3) is 0 Å². The second-order valence-corrected chi connectivity index (χ2v) is 9.69. The van der Waals surface area contributed by atoms with Gasteiger partial charge in [-0.05, 0) is 62.6 Å². The second kappa shape index (κ2) is 10.4. The summed E-state index contributed by atoms with van der Waals surface area (Å²) in [6.07, 6.45) is 4.31. The minimum atomic E-state index is -0.819. The van der Waals surface area contributed by atoms with E-state index in [1.807, 2.05) is 26.0 Å². The molecule has 0 spiro atoms. The number of hydrogen-bond donors (Lipinski definition) is 3. The number of anilines is 1. The van der Waals surface area contributed by atoms with Crippen molar-refractivity contribution in [1.82, 2.24) is 10.2 Å². The normalized spacial score (nSPS) is 26.3. The van der Waals surface area contributed by atoms with Gasteiger partial charge < -0.3 is 24.6 Å². The molecule has 7 heteroatoms. The van der Waals surface area contributed by atoms with Gasteiger partial charge in [0.05, 0.1) is 11.8 Å². The molecule has 0 bridgehead atoms. The first-order valence-electron chi connectivity index (χ1n) is 12.0.